The van der Waals surface area contributed by atoms with Gasteiger partial charge in [0.25, 0.3) is 0 Å². The van der Waals surface area contributed by atoms with Gasteiger partial charge in [0.15, 0.2) is 0 Å². The fourth-order valence-corrected chi connectivity index (χ4v) is 1.32. The van der Waals surface area contributed by atoms with Crippen LogP contribution in [-0.4, -0.2) is 21.7 Å². The lowest BCUT2D eigenvalue weighted by Crippen LogP contribution is -2.15. The summed E-state index contributed by atoms with van der Waals surface area (Å²) in [7, 11) is 0. The number of aromatic hydroxyl groups is 1. The van der Waals surface area contributed by atoms with E-state index in [0.717, 1.165) is 0 Å². The molecule has 0 spiro atoms. The minimum atomic E-state index is -0.119. The molecule has 1 aromatic heterocycles. The van der Waals surface area contributed by atoms with Crippen molar-refractivity contribution in [3.8, 4) is 5.75 Å². The summed E-state index contributed by atoms with van der Waals surface area (Å²) in [6.45, 7) is 6.35. The maximum Gasteiger partial charge on any atom is 0.141 e. The molecule has 0 saturated carbocycles. The lowest BCUT2D eigenvalue weighted by molar-refractivity contribution is 0.278. The predicted molar refractivity (Wildman–Crippen MR) is 58.5 cm³/mol. The van der Waals surface area contributed by atoms with Crippen molar-refractivity contribution in [2.75, 3.05) is 6.54 Å². The molecule has 0 aliphatic heterocycles. The third-order valence-corrected chi connectivity index (χ3v) is 2.19. The zero-order chi connectivity index (χ0) is 11.3. The summed E-state index contributed by atoms with van der Waals surface area (Å²) < 4.78 is 0. The van der Waals surface area contributed by atoms with Gasteiger partial charge in [0, 0.05) is 30.4 Å². The summed E-state index contributed by atoms with van der Waals surface area (Å²) in [4.78, 5) is 3.98. The second-order valence-corrected chi connectivity index (χ2v) is 3.27. The van der Waals surface area contributed by atoms with E-state index in [2.05, 4.69) is 16.9 Å². The molecule has 4 nitrogen and oxygen atoms in total. The van der Waals surface area contributed by atoms with Crippen molar-refractivity contribution in [2.45, 2.75) is 20.1 Å². The lowest BCUT2D eigenvalue weighted by Gasteiger charge is -2.11. The van der Waals surface area contributed by atoms with E-state index in [1.165, 1.54) is 0 Å². The summed E-state index contributed by atoms with van der Waals surface area (Å²) in [5.41, 5.74) is 1.92. The first kappa shape index (κ1) is 11.7. The molecule has 1 rings (SSSR count). The Morgan fingerprint density at radius 2 is 2.33 bits per heavy atom. The van der Waals surface area contributed by atoms with Crippen LogP contribution >= 0.6 is 0 Å². The Kier molecular flexibility index (Phi) is 4.27. The van der Waals surface area contributed by atoms with Crippen LogP contribution in [0.2, 0.25) is 0 Å². The fourth-order valence-electron chi connectivity index (χ4n) is 1.32. The van der Waals surface area contributed by atoms with Crippen molar-refractivity contribution in [3.63, 3.8) is 0 Å². The Balaban J connectivity index is 2.91. The van der Waals surface area contributed by atoms with Gasteiger partial charge in [0.2, 0.25) is 0 Å². The van der Waals surface area contributed by atoms with Gasteiger partial charge in [-0.2, -0.15) is 0 Å². The summed E-state index contributed by atoms with van der Waals surface area (Å²) in [6.07, 6.45) is 3.32. The number of nitrogens with one attached hydrogen (secondary N) is 1. The SMILES string of the molecule is C=CCNCc1c(CO)cnc(C)c1O. The van der Waals surface area contributed by atoms with Crippen molar-refractivity contribution in [2.24, 2.45) is 0 Å². The highest BCUT2D eigenvalue weighted by Crippen LogP contribution is 2.23. The van der Waals surface area contributed by atoms with Gasteiger partial charge in [-0.25, -0.2) is 0 Å². The van der Waals surface area contributed by atoms with E-state index >= 15 is 0 Å². The van der Waals surface area contributed by atoms with Crippen LogP contribution in [-0.2, 0) is 13.2 Å². The minimum absolute atomic E-state index is 0.119. The van der Waals surface area contributed by atoms with Crippen molar-refractivity contribution >= 4 is 0 Å². The van der Waals surface area contributed by atoms with Crippen LogP contribution in [0.5, 0.6) is 5.75 Å². The van der Waals surface area contributed by atoms with Gasteiger partial charge >= 0.3 is 0 Å². The highest BCUT2D eigenvalue weighted by Gasteiger charge is 2.10. The molecule has 3 N–H and O–H groups in total. The number of aryl methyl sites for hydroxylation is 1. The van der Waals surface area contributed by atoms with E-state index in [0.29, 0.717) is 29.9 Å². The Morgan fingerprint density at radius 3 is 2.93 bits per heavy atom. The molecule has 15 heavy (non-hydrogen) atoms. The van der Waals surface area contributed by atoms with E-state index in [4.69, 9.17) is 5.11 Å². The number of hydrogen-bond acceptors (Lipinski definition) is 4. The van der Waals surface area contributed by atoms with E-state index < -0.39 is 0 Å². The molecule has 0 fully saturated rings. The molecule has 0 saturated heterocycles. The molecule has 82 valence electrons. The molecular weight excluding hydrogens is 192 g/mol. The second-order valence-electron chi connectivity index (χ2n) is 3.27. The highest BCUT2D eigenvalue weighted by atomic mass is 16.3. The molecule has 0 aromatic carbocycles. The van der Waals surface area contributed by atoms with Gasteiger partial charge in [-0.15, -0.1) is 6.58 Å². The Bertz CT molecular complexity index is 351. The molecule has 1 heterocycles. The molecule has 0 aliphatic carbocycles. The van der Waals surface area contributed by atoms with E-state index in [9.17, 15) is 5.11 Å². The Morgan fingerprint density at radius 1 is 1.60 bits per heavy atom. The van der Waals surface area contributed by atoms with Gasteiger partial charge in [0.1, 0.15) is 5.75 Å². The zero-order valence-electron chi connectivity index (χ0n) is 8.82. The number of rotatable bonds is 5. The fraction of sp³-hybridized carbons (Fsp3) is 0.364. The summed E-state index contributed by atoms with van der Waals surface area (Å²) in [5.74, 6) is 0.151. The molecule has 0 unspecified atom stereocenters. The van der Waals surface area contributed by atoms with Gasteiger partial charge in [0.05, 0.1) is 12.3 Å². The maximum absolute atomic E-state index is 9.77. The zero-order valence-corrected chi connectivity index (χ0v) is 8.82. The largest absolute Gasteiger partial charge is 0.506 e. The van der Waals surface area contributed by atoms with Crippen LogP contribution in [0.4, 0.5) is 0 Å². The molecule has 0 atom stereocenters. The van der Waals surface area contributed by atoms with E-state index in [1.807, 2.05) is 0 Å². The summed E-state index contributed by atoms with van der Waals surface area (Å²) >= 11 is 0. The number of nitrogens with zero attached hydrogens (tertiary/aromatic N) is 1. The smallest absolute Gasteiger partial charge is 0.141 e. The topological polar surface area (TPSA) is 65.4 Å². The lowest BCUT2D eigenvalue weighted by atomic mass is 10.1. The monoisotopic (exact) mass is 208 g/mol. The van der Waals surface area contributed by atoms with Crippen LogP contribution in [0.1, 0.15) is 16.8 Å². The molecule has 1 aromatic rings. The van der Waals surface area contributed by atoms with Gasteiger partial charge in [-0.3, -0.25) is 4.98 Å². The van der Waals surface area contributed by atoms with Crippen molar-refractivity contribution < 1.29 is 10.2 Å². The Labute approximate surface area is 89.3 Å². The number of hydrogen-bond donors (Lipinski definition) is 3. The summed E-state index contributed by atoms with van der Waals surface area (Å²) in [6, 6.07) is 0. The second kappa shape index (κ2) is 5.48. The molecule has 0 amide bonds. The Hall–Kier alpha value is -1.39. The standard InChI is InChI=1S/C11H16N2O2/c1-3-4-12-6-10-9(7-14)5-13-8(2)11(10)15/h3,5,12,14-15H,1,4,6-7H2,2H3. The average Bonchev–Trinajstić information content (AvgIpc) is 2.25. The number of aliphatic hydroxyl groups excluding tert-OH is 1. The summed E-state index contributed by atoms with van der Waals surface area (Å²) in [5, 5.41) is 21.9. The number of aliphatic hydroxyl groups is 1. The van der Waals surface area contributed by atoms with E-state index in [-0.39, 0.29) is 12.4 Å². The average molecular weight is 208 g/mol. The first-order valence-electron chi connectivity index (χ1n) is 4.79. The van der Waals surface area contributed by atoms with Crippen LogP contribution in [0.25, 0.3) is 0 Å². The number of pyridine rings is 1. The van der Waals surface area contributed by atoms with E-state index in [1.54, 1.807) is 19.2 Å². The van der Waals surface area contributed by atoms with Crippen molar-refractivity contribution in [1.82, 2.24) is 10.3 Å². The molecule has 0 radical (unpaired) electrons. The molecular formula is C11H16N2O2. The quantitative estimate of drug-likeness (QED) is 0.496. The third kappa shape index (κ3) is 2.78. The van der Waals surface area contributed by atoms with Crippen LogP contribution in [0, 0.1) is 6.92 Å². The predicted octanol–water partition coefficient (Wildman–Crippen LogP) is 0.864. The van der Waals surface area contributed by atoms with Crippen LogP contribution < -0.4 is 5.32 Å². The first-order chi connectivity index (χ1) is 7.20. The minimum Gasteiger partial charge on any atom is -0.506 e. The molecule has 0 aliphatic rings. The van der Waals surface area contributed by atoms with Gasteiger partial charge < -0.3 is 15.5 Å². The van der Waals surface area contributed by atoms with Gasteiger partial charge in [-0.1, -0.05) is 6.08 Å². The molecule has 4 heteroatoms. The van der Waals surface area contributed by atoms with Crippen LogP contribution in [0.3, 0.4) is 0 Å². The molecule has 0 bridgehead atoms. The van der Waals surface area contributed by atoms with Gasteiger partial charge in [-0.05, 0) is 6.92 Å². The first-order valence-corrected chi connectivity index (χ1v) is 4.79. The third-order valence-electron chi connectivity index (χ3n) is 2.19. The van der Waals surface area contributed by atoms with Crippen LogP contribution in [0.15, 0.2) is 18.9 Å². The van der Waals surface area contributed by atoms with Crippen molar-refractivity contribution in [1.29, 1.82) is 0 Å². The maximum atomic E-state index is 9.77. The normalized spacial score (nSPS) is 10.3. The highest BCUT2D eigenvalue weighted by molar-refractivity contribution is 5.40. The van der Waals surface area contributed by atoms with Crippen molar-refractivity contribution in [3.05, 3.63) is 35.7 Å². The number of aromatic nitrogens is 1.